The molecule has 0 aromatic heterocycles. The zero-order valence-corrected chi connectivity index (χ0v) is 11.5. The normalized spacial score (nSPS) is 11.0. The van der Waals surface area contributed by atoms with Crippen LogP contribution in [0.2, 0.25) is 0 Å². The lowest BCUT2D eigenvalue weighted by Crippen LogP contribution is -2.31. The van der Waals surface area contributed by atoms with Gasteiger partial charge in [0, 0.05) is 13.1 Å². The topological polar surface area (TPSA) is 15.3 Å². The van der Waals surface area contributed by atoms with Crippen molar-refractivity contribution in [3.8, 4) is 0 Å². The Morgan fingerprint density at radius 2 is 1.62 bits per heavy atom. The molecule has 0 saturated heterocycles. The minimum Gasteiger partial charge on any atom is -0.313 e. The van der Waals surface area contributed by atoms with Gasteiger partial charge in [-0.1, -0.05) is 40.2 Å². The Labute approximate surface area is 102 Å². The zero-order valence-electron chi connectivity index (χ0n) is 11.5. The summed E-state index contributed by atoms with van der Waals surface area (Å²) in [4.78, 5) is 2.55. The van der Waals surface area contributed by atoms with Crippen LogP contribution in [0.3, 0.4) is 0 Å². The van der Waals surface area contributed by atoms with Crippen molar-refractivity contribution in [3.05, 3.63) is 12.2 Å². The molecule has 2 nitrogen and oxygen atoms in total. The van der Waals surface area contributed by atoms with E-state index >= 15 is 0 Å². The second kappa shape index (κ2) is 11.2. The molecular weight excluding hydrogens is 196 g/mol. The van der Waals surface area contributed by atoms with Crippen LogP contribution >= 0.6 is 0 Å². The fourth-order valence-corrected chi connectivity index (χ4v) is 1.71. The third-order valence-corrected chi connectivity index (χ3v) is 2.73. The number of hydrogen-bond donors (Lipinski definition) is 1. The van der Waals surface area contributed by atoms with Gasteiger partial charge < -0.3 is 5.32 Å². The van der Waals surface area contributed by atoms with E-state index in [0.717, 1.165) is 19.6 Å². The number of hydrogen-bond acceptors (Lipinski definition) is 2. The number of nitrogens with zero attached hydrogens (tertiary/aromatic N) is 1. The number of nitrogens with one attached hydrogen (secondary N) is 1. The summed E-state index contributed by atoms with van der Waals surface area (Å²) in [5.74, 6) is 0. The Balaban J connectivity index is 3.82. The summed E-state index contributed by atoms with van der Waals surface area (Å²) >= 11 is 0. The number of likely N-dealkylation sites (N-methyl/N-ethyl adjacent to an activating group) is 1. The van der Waals surface area contributed by atoms with Gasteiger partial charge in [0.15, 0.2) is 0 Å². The highest BCUT2D eigenvalue weighted by Crippen LogP contribution is 2.02. The Hall–Kier alpha value is -0.340. The molecule has 0 amide bonds. The lowest BCUT2D eigenvalue weighted by Gasteiger charge is -2.23. The molecule has 0 aromatic rings. The van der Waals surface area contributed by atoms with Crippen LogP contribution in [0.15, 0.2) is 12.2 Å². The highest BCUT2D eigenvalue weighted by Gasteiger charge is 2.05. The van der Waals surface area contributed by atoms with Gasteiger partial charge in [-0.05, 0) is 38.0 Å². The summed E-state index contributed by atoms with van der Waals surface area (Å²) in [6, 6.07) is 0. The van der Waals surface area contributed by atoms with E-state index in [9.17, 15) is 0 Å². The van der Waals surface area contributed by atoms with E-state index < -0.39 is 0 Å². The first-order chi connectivity index (χ1) is 7.74. The molecule has 0 aliphatic rings. The highest BCUT2D eigenvalue weighted by molar-refractivity contribution is 4.99. The second-order valence-corrected chi connectivity index (χ2v) is 4.51. The van der Waals surface area contributed by atoms with Crippen molar-refractivity contribution in [2.75, 3.05) is 32.7 Å². The van der Waals surface area contributed by atoms with E-state index in [1.54, 1.807) is 0 Å². The van der Waals surface area contributed by atoms with E-state index in [1.165, 1.54) is 44.3 Å². The predicted octanol–water partition coefficient (Wildman–Crippen LogP) is 3.05. The van der Waals surface area contributed by atoms with Gasteiger partial charge in [0.1, 0.15) is 0 Å². The average molecular weight is 226 g/mol. The molecule has 0 unspecified atom stereocenters. The van der Waals surface area contributed by atoms with Gasteiger partial charge in [-0.25, -0.2) is 0 Å². The summed E-state index contributed by atoms with van der Waals surface area (Å²) in [5.41, 5.74) is 1.31. The lowest BCUT2D eigenvalue weighted by atomic mass is 10.2. The van der Waals surface area contributed by atoms with Gasteiger partial charge in [-0.3, -0.25) is 4.90 Å². The molecule has 96 valence electrons. The van der Waals surface area contributed by atoms with Gasteiger partial charge in [0.2, 0.25) is 0 Å². The molecule has 0 atom stereocenters. The fourth-order valence-electron chi connectivity index (χ4n) is 1.71. The van der Waals surface area contributed by atoms with E-state index in [1.807, 2.05) is 0 Å². The minimum absolute atomic E-state index is 0.964. The molecule has 16 heavy (non-hydrogen) atoms. The van der Waals surface area contributed by atoms with Crippen molar-refractivity contribution in [2.24, 2.45) is 0 Å². The summed E-state index contributed by atoms with van der Waals surface area (Å²) in [6.45, 7) is 16.3. The zero-order chi connectivity index (χ0) is 12.2. The number of rotatable bonds is 11. The molecule has 0 aliphatic heterocycles. The van der Waals surface area contributed by atoms with E-state index in [-0.39, 0.29) is 0 Å². The molecular formula is C14H30N2. The SMILES string of the molecule is C=C(CNCC)CN(CCCC)CCCC. The molecule has 0 fully saturated rings. The van der Waals surface area contributed by atoms with Crippen LogP contribution in [-0.4, -0.2) is 37.6 Å². The van der Waals surface area contributed by atoms with Crippen LogP contribution in [0.1, 0.15) is 46.5 Å². The maximum Gasteiger partial charge on any atom is 0.0202 e. The third kappa shape index (κ3) is 8.93. The van der Waals surface area contributed by atoms with Crippen molar-refractivity contribution in [1.82, 2.24) is 10.2 Å². The van der Waals surface area contributed by atoms with Gasteiger partial charge in [-0.2, -0.15) is 0 Å². The molecule has 1 N–H and O–H groups in total. The Morgan fingerprint density at radius 1 is 1.06 bits per heavy atom. The van der Waals surface area contributed by atoms with Crippen molar-refractivity contribution >= 4 is 0 Å². The van der Waals surface area contributed by atoms with E-state index in [2.05, 4.69) is 37.6 Å². The molecule has 0 aromatic carbocycles. The standard InChI is InChI=1S/C14H30N2/c1-5-8-10-16(11-9-6-2)13-14(4)12-15-7-3/h15H,4-13H2,1-3H3. The predicted molar refractivity (Wildman–Crippen MR) is 73.9 cm³/mol. The summed E-state index contributed by atoms with van der Waals surface area (Å²) in [7, 11) is 0. The Bertz CT molecular complexity index is 158. The van der Waals surface area contributed by atoms with Crippen LogP contribution < -0.4 is 5.32 Å². The van der Waals surface area contributed by atoms with Gasteiger partial charge in [0.25, 0.3) is 0 Å². The molecule has 0 spiro atoms. The summed E-state index contributed by atoms with van der Waals surface area (Å²) in [6.07, 6.45) is 5.17. The van der Waals surface area contributed by atoms with Crippen LogP contribution in [0.5, 0.6) is 0 Å². The second-order valence-electron chi connectivity index (χ2n) is 4.51. The van der Waals surface area contributed by atoms with Crippen LogP contribution in [0.25, 0.3) is 0 Å². The molecule has 0 rings (SSSR count). The largest absolute Gasteiger partial charge is 0.313 e. The van der Waals surface area contributed by atoms with Gasteiger partial charge in [-0.15, -0.1) is 0 Å². The van der Waals surface area contributed by atoms with Gasteiger partial charge in [0.05, 0.1) is 0 Å². The lowest BCUT2D eigenvalue weighted by molar-refractivity contribution is 0.285. The third-order valence-electron chi connectivity index (χ3n) is 2.73. The first-order valence-corrected chi connectivity index (χ1v) is 6.84. The fraction of sp³-hybridized carbons (Fsp3) is 0.857. The smallest absolute Gasteiger partial charge is 0.0202 e. The quantitative estimate of drug-likeness (QED) is 0.545. The Kier molecular flexibility index (Phi) is 10.9. The van der Waals surface area contributed by atoms with Crippen molar-refractivity contribution in [2.45, 2.75) is 46.5 Å². The van der Waals surface area contributed by atoms with E-state index in [0.29, 0.717) is 0 Å². The van der Waals surface area contributed by atoms with Crippen LogP contribution in [0, 0.1) is 0 Å². The first kappa shape index (κ1) is 15.7. The molecule has 2 heteroatoms. The maximum atomic E-state index is 4.14. The van der Waals surface area contributed by atoms with Crippen molar-refractivity contribution in [3.63, 3.8) is 0 Å². The van der Waals surface area contributed by atoms with Crippen LogP contribution in [0.4, 0.5) is 0 Å². The Morgan fingerprint density at radius 3 is 2.06 bits per heavy atom. The molecule has 0 saturated carbocycles. The summed E-state index contributed by atoms with van der Waals surface area (Å²) in [5, 5.41) is 3.34. The minimum atomic E-state index is 0.964. The number of unbranched alkanes of at least 4 members (excludes halogenated alkanes) is 2. The van der Waals surface area contributed by atoms with Crippen molar-refractivity contribution < 1.29 is 0 Å². The highest BCUT2D eigenvalue weighted by atomic mass is 15.1. The molecule has 0 heterocycles. The summed E-state index contributed by atoms with van der Waals surface area (Å²) < 4.78 is 0. The monoisotopic (exact) mass is 226 g/mol. The first-order valence-electron chi connectivity index (χ1n) is 6.84. The molecule has 0 bridgehead atoms. The van der Waals surface area contributed by atoms with Crippen LogP contribution in [-0.2, 0) is 0 Å². The van der Waals surface area contributed by atoms with E-state index in [4.69, 9.17) is 0 Å². The van der Waals surface area contributed by atoms with Gasteiger partial charge >= 0.3 is 0 Å². The average Bonchev–Trinajstić information content (AvgIpc) is 2.30. The molecule has 0 aliphatic carbocycles. The maximum absolute atomic E-state index is 4.14. The molecule has 0 radical (unpaired) electrons. The van der Waals surface area contributed by atoms with Crippen molar-refractivity contribution in [1.29, 1.82) is 0 Å².